The highest BCUT2D eigenvalue weighted by Gasteiger charge is 2.05. The molecule has 1 rings (SSSR count). The molecule has 0 unspecified atom stereocenters. The quantitative estimate of drug-likeness (QED) is 0.658. The highest BCUT2D eigenvalue weighted by Crippen LogP contribution is 2.25. The van der Waals surface area contributed by atoms with Gasteiger partial charge in [-0.05, 0) is 6.92 Å². The number of hydrogen-bond acceptors (Lipinski definition) is 4. The summed E-state index contributed by atoms with van der Waals surface area (Å²) in [6.07, 6.45) is 1.19. The van der Waals surface area contributed by atoms with Crippen LogP contribution in [0.3, 0.4) is 0 Å². The van der Waals surface area contributed by atoms with E-state index in [0.717, 1.165) is 0 Å². The van der Waals surface area contributed by atoms with Crippen LogP contribution < -0.4 is 4.74 Å². The lowest BCUT2D eigenvalue weighted by molar-refractivity contribution is 0.358. The lowest BCUT2D eigenvalue weighted by atomic mass is 10.4. The van der Waals surface area contributed by atoms with Crippen LogP contribution in [0.2, 0.25) is 0 Å². The molecular weight excluding hydrogens is 164 g/mol. The van der Waals surface area contributed by atoms with Gasteiger partial charge < -0.3 is 14.3 Å². The van der Waals surface area contributed by atoms with E-state index in [2.05, 4.69) is 0 Å². The Morgan fingerprint density at radius 2 is 2.27 bits per heavy atom. The molecule has 0 bridgehead atoms. The van der Waals surface area contributed by atoms with E-state index in [-0.39, 0.29) is 10.3 Å². The van der Waals surface area contributed by atoms with Gasteiger partial charge in [0.2, 0.25) is 0 Å². The fourth-order valence-electron chi connectivity index (χ4n) is 0.764. The minimum Gasteiger partial charge on any atom is -0.504 e. The summed E-state index contributed by atoms with van der Waals surface area (Å²) in [6, 6.07) is 0. The van der Waals surface area contributed by atoms with Gasteiger partial charge in [-0.2, -0.15) is 0 Å². The van der Waals surface area contributed by atoms with Crippen molar-refractivity contribution in [3.63, 3.8) is 0 Å². The standard InChI is InChI=1S/C7H8O3S/c1-4-6(9-2)7(11)5(8)3-10-4/h3,8H,1-2H3. The Bertz CT molecular complexity index is 316. The normalized spacial score (nSPS) is 9.64. The van der Waals surface area contributed by atoms with Crippen molar-refractivity contribution in [3.8, 4) is 11.5 Å². The summed E-state index contributed by atoms with van der Waals surface area (Å²) in [5, 5.41) is 9.08. The average molecular weight is 172 g/mol. The Morgan fingerprint density at radius 3 is 2.73 bits per heavy atom. The van der Waals surface area contributed by atoms with Crippen LogP contribution >= 0.6 is 12.2 Å². The van der Waals surface area contributed by atoms with Crippen LogP contribution in [0, 0.1) is 11.4 Å². The van der Waals surface area contributed by atoms with Gasteiger partial charge in [-0.15, -0.1) is 0 Å². The number of aromatic hydroxyl groups is 1. The molecule has 60 valence electrons. The number of ether oxygens (including phenoxy) is 1. The Hall–Kier alpha value is -1.03. The fraction of sp³-hybridized carbons (Fsp3) is 0.286. The Morgan fingerprint density at radius 1 is 1.64 bits per heavy atom. The summed E-state index contributed by atoms with van der Waals surface area (Å²) >= 11 is 4.84. The molecule has 1 N–H and O–H groups in total. The SMILES string of the molecule is COc1c(C)occ(O)c1=S. The van der Waals surface area contributed by atoms with Crippen molar-refractivity contribution in [1.82, 2.24) is 0 Å². The molecule has 4 heteroatoms. The summed E-state index contributed by atoms with van der Waals surface area (Å²) in [6.45, 7) is 1.72. The van der Waals surface area contributed by atoms with E-state index in [0.29, 0.717) is 11.5 Å². The molecule has 0 amide bonds. The molecule has 0 spiro atoms. The van der Waals surface area contributed by atoms with Crippen LogP contribution in [-0.4, -0.2) is 12.2 Å². The van der Waals surface area contributed by atoms with Crippen molar-refractivity contribution in [2.45, 2.75) is 6.92 Å². The molecule has 0 radical (unpaired) electrons. The maximum Gasteiger partial charge on any atom is 0.178 e. The van der Waals surface area contributed by atoms with Crippen molar-refractivity contribution in [1.29, 1.82) is 0 Å². The van der Waals surface area contributed by atoms with Crippen LogP contribution in [0.15, 0.2) is 10.7 Å². The molecule has 0 saturated carbocycles. The van der Waals surface area contributed by atoms with Crippen LogP contribution in [-0.2, 0) is 0 Å². The van der Waals surface area contributed by atoms with E-state index in [1.807, 2.05) is 0 Å². The largest absolute Gasteiger partial charge is 0.504 e. The molecule has 0 fully saturated rings. The Balaban J connectivity index is 3.41. The molecule has 0 atom stereocenters. The number of methoxy groups -OCH3 is 1. The molecule has 1 aromatic rings. The fourth-order valence-corrected chi connectivity index (χ4v) is 1.04. The molecule has 3 nitrogen and oxygen atoms in total. The second-order valence-corrected chi connectivity index (χ2v) is 2.45. The smallest absolute Gasteiger partial charge is 0.178 e. The van der Waals surface area contributed by atoms with E-state index >= 15 is 0 Å². The van der Waals surface area contributed by atoms with Gasteiger partial charge in [0.1, 0.15) is 16.5 Å². The second-order valence-electron chi connectivity index (χ2n) is 2.04. The number of hydrogen-bond donors (Lipinski definition) is 1. The third-order valence-corrected chi connectivity index (χ3v) is 1.70. The summed E-state index contributed by atoms with van der Waals surface area (Å²) in [4.78, 5) is 0. The topological polar surface area (TPSA) is 42.6 Å². The summed E-state index contributed by atoms with van der Waals surface area (Å²) in [5.74, 6) is 0.915. The highest BCUT2D eigenvalue weighted by atomic mass is 32.1. The van der Waals surface area contributed by atoms with Crippen molar-refractivity contribution >= 4 is 12.2 Å². The zero-order chi connectivity index (χ0) is 8.43. The molecule has 0 aromatic carbocycles. The van der Waals surface area contributed by atoms with Crippen LogP contribution in [0.5, 0.6) is 11.5 Å². The van der Waals surface area contributed by atoms with Crippen LogP contribution in [0.4, 0.5) is 0 Å². The Labute approximate surface area is 69.2 Å². The van der Waals surface area contributed by atoms with Crippen molar-refractivity contribution in [3.05, 3.63) is 16.5 Å². The van der Waals surface area contributed by atoms with E-state index in [1.165, 1.54) is 13.4 Å². The first-order valence-corrected chi connectivity index (χ1v) is 3.43. The zero-order valence-corrected chi connectivity index (χ0v) is 7.07. The van der Waals surface area contributed by atoms with Gasteiger partial charge in [0.25, 0.3) is 0 Å². The molecule has 0 aliphatic rings. The van der Waals surface area contributed by atoms with Crippen molar-refractivity contribution < 1.29 is 14.3 Å². The molecule has 1 heterocycles. The second kappa shape index (κ2) is 2.92. The number of aryl methyl sites for hydroxylation is 1. The molecule has 0 aliphatic heterocycles. The summed E-state index contributed by atoms with van der Waals surface area (Å²) in [7, 11) is 1.48. The van der Waals surface area contributed by atoms with Gasteiger partial charge in [-0.1, -0.05) is 12.2 Å². The van der Waals surface area contributed by atoms with E-state index in [1.54, 1.807) is 6.92 Å². The average Bonchev–Trinajstić information content (AvgIpc) is 1.99. The molecular formula is C7H8O3S. The zero-order valence-electron chi connectivity index (χ0n) is 6.25. The maximum absolute atomic E-state index is 9.08. The lowest BCUT2D eigenvalue weighted by Gasteiger charge is -2.02. The van der Waals surface area contributed by atoms with Gasteiger partial charge in [-0.25, -0.2) is 0 Å². The molecule has 0 aliphatic carbocycles. The molecule has 11 heavy (non-hydrogen) atoms. The van der Waals surface area contributed by atoms with Crippen LogP contribution in [0.1, 0.15) is 5.76 Å². The summed E-state index contributed by atoms with van der Waals surface area (Å²) < 4.78 is 10.1. The van der Waals surface area contributed by atoms with Gasteiger partial charge in [0, 0.05) is 0 Å². The third-order valence-electron chi connectivity index (χ3n) is 1.31. The van der Waals surface area contributed by atoms with Crippen molar-refractivity contribution in [2.75, 3.05) is 7.11 Å². The first-order valence-electron chi connectivity index (χ1n) is 3.02. The predicted molar refractivity (Wildman–Crippen MR) is 42.5 cm³/mol. The van der Waals surface area contributed by atoms with Gasteiger partial charge in [0.15, 0.2) is 11.5 Å². The van der Waals surface area contributed by atoms with E-state index < -0.39 is 0 Å². The maximum atomic E-state index is 9.08. The molecule has 1 aromatic heterocycles. The first kappa shape index (κ1) is 8.07. The van der Waals surface area contributed by atoms with Crippen LogP contribution in [0.25, 0.3) is 0 Å². The third kappa shape index (κ3) is 1.35. The first-order chi connectivity index (χ1) is 5.16. The van der Waals surface area contributed by atoms with Gasteiger partial charge in [-0.3, -0.25) is 0 Å². The van der Waals surface area contributed by atoms with Crippen molar-refractivity contribution in [2.24, 2.45) is 0 Å². The molecule has 0 saturated heterocycles. The monoisotopic (exact) mass is 172 g/mol. The van der Waals surface area contributed by atoms with Gasteiger partial charge in [0.05, 0.1) is 7.11 Å². The van der Waals surface area contributed by atoms with Gasteiger partial charge >= 0.3 is 0 Å². The lowest BCUT2D eigenvalue weighted by Crippen LogP contribution is -1.87. The minimum absolute atomic E-state index is 0.0672. The number of rotatable bonds is 1. The highest BCUT2D eigenvalue weighted by molar-refractivity contribution is 7.71. The predicted octanol–water partition coefficient (Wildman–Crippen LogP) is 2.03. The minimum atomic E-state index is -0.0672. The summed E-state index contributed by atoms with van der Waals surface area (Å²) in [5.41, 5.74) is 0. The van der Waals surface area contributed by atoms with E-state index in [9.17, 15) is 0 Å². The Kier molecular flexibility index (Phi) is 2.14. The van der Waals surface area contributed by atoms with E-state index in [4.69, 9.17) is 26.5 Å².